The van der Waals surface area contributed by atoms with Gasteiger partial charge in [0, 0.05) is 5.02 Å². The Hall–Kier alpha value is -1.06. The van der Waals surface area contributed by atoms with Crippen LogP contribution in [0.2, 0.25) is 5.02 Å². The van der Waals surface area contributed by atoms with Gasteiger partial charge in [-0.25, -0.2) is 4.79 Å². The maximum Gasteiger partial charge on any atom is 0.337 e. The number of esters is 1. The van der Waals surface area contributed by atoms with E-state index in [0.29, 0.717) is 23.6 Å². The number of benzene rings is 1. The van der Waals surface area contributed by atoms with E-state index in [2.05, 4.69) is 4.74 Å². The van der Waals surface area contributed by atoms with Crippen molar-refractivity contribution in [3.05, 3.63) is 34.3 Å². The van der Waals surface area contributed by atoms with Gasteiger partial charge < -0.3 is 10.5 Å². The van der Waals surface area contributed by atoms with Crippen molar-refractivity contribution in [1.82, 2.24) is 0 Å². The molecule has 3 nitrogen and oxygen atoms in total. The van der Waals surface area contributed by atoms with Crippen LogP contribution in [0.5, 0.6) is 0 Å². The third kappa shape index (κ3) is 2.72. The Morgan fingerprint density at radius 3 is 2.79 bits per heavy atom. The molecule has 0 saturated carbocycles. The van der Waals surface area contributed by atoms with Gasteiger partial charge in [-0.2, -0.15) is 0 Å². The second-order valence-corrected chi connectivity index (χ2v) is 3.31. The van der Waals surface area contributed by atoms with E-state index in [9.17, 15) is 4.79 Å². The van der Waals surface area contributed by atoms with Crippen LogP contribution >= 0.6 is 11.6 Å². The van der Waals surface area contributed by atoms with E-state index in [0.717, 1.165) is 5.56 Å². The fourth-order valence-corrected chi connectivity index (χ4v) is 1.45. The molecule has 1 aromatic rings. The average Bonchev–Trinajstić information content (AvgIpc) is 2.16. The largest absolute Gasteiger partial charge is 0.465 e. The lowest BCUT2D eigenvalue weighted by atomic mass is 10.1. The van der Waals surface area contributed by atoms with Crippen molar-refractivity contribution in [2.24, 2.45) is 5.73 Å². The summed E-state index contributed by atoms with van der Waals surface area (Å²) in [5.74, 6) is -0.384. The van der Waals surface area contributed by atoms with Crippen molar-refractivity contribution in [3.63, 3.8) is 0 Å². The molecular weight excluding hydrogens is 202 g/mol. The third-order valence-corrected chi connectivity index (χ3v) is 2.03. The van der Waals surface area contributed by atoms with Gasteiger partial charge in [-0.15, -0.1) is 0 Å². The Morgan fingerprint density at radius 2 is 2.21 bits per heavy atom. The summed E-state index contributed by atoms with van der Waals surface area (Å²) >= 11 is 5.84. The number of rotatable bonds is 3. The number of methoxy groups -OCH3 is 1. The number of hydrogen-bond acceptors (Lipinski definition) is 3. The molecule has 0 bridgehead atoms. The van der Waals surface area contributed by atoms with Crippen LogP contribution in [0.25, 0.3) is 0 Å². The highest BCUT2D eigenvalue weighted by atomic mass is 35.5. The van der Waals surface area contributed by atoms with Crippen LogP contribution in [0, 0.1) is 0 Å². The Bertz CT molecular complexity index is 339. The van der Waals surface area contributed by atoms with Crippen molar-refractivity contribution in [3.8, 4) is 0 Å². The number of carbonyl (C=O) groups excluding carboxylic acids is 1. The first-order valence-electron chi connectivity index (χ1n) is 4.25. The van der Waals surface area contributed by atoms with Crippen LogP contribution in [0.4, 0.5) is 0 Å². The standard InChI is InChI=1S/C10H12ClNO2/c1-14-10(13)8-4-7(2-3-12)5-9(11)6-8/h4-6H,2-3,12H2,1H3. The van der Waals surface area contributed by atoms with E-state index in [1.165, 1.54) is 7.11 Å². The molecule has 0 radical (unpaired) electrons. The molecule has 0 unspecified atom stereocenters. The number of hydrogen-bond donors (Lipinski definition) is 1. The molecule has 0 saturated heterocycles. The molecule has 4 heteroatoms. The summed E-state index contributed by atoms with van der Waals surface area (Å²) in [6, 6.07) is 5.11. The van der Waals surface area contributed by atoms with Gasteiger partial charge in [0.25, 0.3) is 0 Å². The molecule has 0 amide bonds. The van der Waals surface area contributed by atoms with Gasteiger partial charge in [0.1, 0.15) is 0 Å². The first-order chi connectivity index (χ1) is 6.67. The zero-order chi connectivity index (χ0) is 10.6. The Labute approximate surface area is 87.8 Å². The number of nitrogens with two attached hydrogens (primary N) is 1. The van der Waals surface area contributed by atoms with Crippen LogP contribution in [0.3, 0.4) is 0 Å². The van der Waals surface area contributed by atoms with Gasteiger partial charge in [0.05, 0.1) is 12.7 Å². The fraction of sp³-hybridized carbons (Fsp3) is 0.300. The molecule has 1 rings (SSSR count). The third-order valence-electron chi connectivity index (χ3n) is 1.81. The van der Waals surface area contributed by atoms with E-state index < -0.39 is 0 Å². The molecule has 76 valence electrons. The number of carbonyl (C=O) groups is 1. The van der Waals surface area contributed by atoms with E-state index in [1.54, 1.807) is 18.2 Å². The minimum absolute atomic E-state index is 0.384. The summed E-state index contributed by atoms with van der Waals surface area (Å²) in [5, 5.41) is 0.524. The fourth-order valence-electron chi connectivity index (χ4n) is 1.20. The maximum absolute atomic E-state index is 11.2. The van der Waals surface area contributed by atoms with Crippen LogP contribution in [-0.4, -0.2) is 19.6 Å². The summed E-state index contributed by atoms with van der Waals surface area (Å²) in [4.78, 5) is 11.2. The van der Waals surface area contributed by atoms with Gasteiger partial charge in [-0.05, 0) is 36.7 Å². The van der Waals surface area contributed by atoms with E-state index in [1.807, 2.05) is 0 Å². The SMILES string of the molecule is COC(=O)c1cc(Cl)cc(CCN)c1. The average molecular weight is 214 g/mol. The summed E-state index contributed by atoms with van der Waals surface area (Å²) in [5.41, 5.74) is 6.82. The molecule has 0 spiro atoms. The first kappa shape index (κ1) is 11.0. The van der Waals surface area contributed by atoms with Gasteiger partial charge >= 0.3 is 5.97 Å². The van der Waals surface area contributed by atoms with Crippen LogP contribution in [0.15, 0.2) is 18.2 Å². The molecule has 0 aromatic heterocycles. The van der Waals surface area contributed by atoms with Gasteiger partial charge in [0.2, 0.25) is 0 Å². The van der Waals surface area contributed by atoms with Crippen LogP contribution in [-0.2, 0) is 11.2 Å². The highest BCUT2D eigenvalue weighted by Crippen LogP contribution is 2.16. The van der Waals surface area contributed by atoms with E-state index in [4.69, 9.17) is 17.3 Å². The lowest BCUT2D eigenvalue weighted by molar-refractivity contribution is 0.0600. The molecule has 1 aromatic carbocycles. The van der Waals surface area contributed by atoms with Crippen molar-refractivity contribution in [2.75, 3.05) is 13.7 Å². The molecule has 14 heavy (non-hydrogen) atoms. The quantitative estimate of drug-likeness (QED) is 0.777. The molecule has 0 aliphatic heterocycles. The molecule has 2 N–H and O–H groups in total. The zero-order valence-electron chi connectivity index (χ0n) is 7.92. The van der Waals surface area contributed by atoms with Gasteiger partial charge in [-0.1, -0.05) is 11.6 Å². The second kappa shape index (κ2) is 4.98. The van der Waals surface area contributed by atoms with Crippen molar-refractivity contribution in [2.45, 2.75) is 6.42 Å². The molecule has 0 fully saturated rings. The summed E-state index contributed by atoms with van der Waals surface area (Å²) in [6.07, 6.45) is 0.699. The maximum atomic E-state index is 11.2. The second-order valence-electron chi connectivity index (χ2n) is 2.88. The molecular formula is C10H12ClNO2. The highest BCUT2D eigenvalue weighted by molar-refractivity contribution is 6.31. The minimum Gasteiger partial charge on any atom is -0.465 e. The highest BCUT2D eigenvalue weighted by Gasteiger charge is 2.07. The van der Waals surface area contributed by atoms with Gasteiger partial charge in [0.15, 0.2) is 0 Å². The molecule has 0 aliphatic carbocycles. The van der Waals surface area contributed by atoms with Crippen LogP contribution < -0.4 is 5.73 Å². The lowest BCUT2D eigenvalue weighted by Gasteiger charge is -2.04. The summed E-state index contributed by atoms with van der Waals surface area (Å²) in [7, 11) is 1.34. The Kier molecular flexibility index (Phi) is 3.92. The minimum atomic E-state index is -0.384. The Balaban J connectivity index is 3.00. The zero-order valence-corrected chi connectivity index (χ0v) is 8.67. The van der Waals surface area contributed by atoms with E-state index >= 15 is 0 Å². The summed E-state index contributed by atoms with van der Waals surface area (Å²) < 4.78 is 4.60. The predicted octanol–water partition coefficient (Wildman–Crippen LogP) is 1.63. The first-order valence-corrected chi connectivity index (χ1v) is 4.63. The molecule has 0 aliphatic rings. The monoisotopic (exact) mass is 213 g/mol. The number of ether oxygens (including phenoxy) is 1. The smallest absolute Gasteiger partial charge is 0.337 e. The topological polar surface area (TPSA) is 52.3 Å². The Morgan fingerprint density at radius 1 is 1.50 bits per heavy atom. The normalized spacial score (nSPS) is 9.93. The predicted molar refractivity (Wildman–Crippen MR) is 55.5 cm³/mol. The van der Waals surface area contributed by atoms with Gasteiger partial charge in [-0.3, -0.25) is 0 Å². The van der Waals surface area contributed by atoms with Crippen LogP contribution in [0.1, 0.15) is 15.9 Å². The number of halogens is 1. The van der Waals surface area contributed by atoms with Crippen molar-refractivity contribution in [1.29, 1.82) is 0 Å². The lowest BCUT2D eigenvalue weighted by Crippen LogP contribution is -2.05. The molecule has 0 atom stereocenters. The van der Waals surface area contributed by atoms with Crippen molar-refractivity contribution < 1.29 is 9.53 Å². The summed E-state index contributed by atoms with van der Waals surface area (Å²) in [6.45, 7) is 0.529. The van der Waals surface area contributed by atoms with Crippen molar-refractivity contribution >= 4 is 17.6 Å². The van der Waals surface area contributed by atoms with E-state index in [-0.39, 0.29) is 5.97 Å². The molecule has 0 heterocycles.